The van der Waals surface area contributed by atoms with Crippen LogP contribution in [0.1, 0.15) is 32.1 Å². The van der Waals surface area contributed by atoms with Crippen molar-refractivity contribution in [2.24, 2.45) is 5.14 Å². The molecule has 0 spiro atoms. The third-order valence-corrected chi connectivity index (χ3v) is 7.45. The number of anilines is 1. The number of aromatic nitrogens is 5. The van der Waals surface area contributed by atoms with E-state index in [1.165, 1.54) is 25.3 Å². The first-order valence-electron chi connectivity index (χ1n) is 10.1. The molecule has 0 bridgehead atoms. The van der Waals surface area contributed by atoms with Crippen molar-refractivity contribution < 1.29 is 8.42 Å². The number of rotatable bonds is 5. The van der Waals surface area contributed by atoms with Crippen molar-refractivity contribution in [2.75, 3.05) is 5.32 Å². The third kappa shape index (κ3) is 3.91. The molecule has 0 aliphatic heterocycles. The number of H-pyrrole nitrogens is 1. The van der Waals surface area contributed by atoms with Crippen LogP contribution in [0, 0.1) is 0 Å². The Balaban J connectivity index is 1.66. The number of sulfonamides is 1. The molecule has 160 valence electrons. The summed E-state index contributed by atoms with van der Waals surface area (Å²) in [6.45, 7) is 0. The predicted octanol–water partition coefficient (Wildman–Crippen LogP) is 3.54. The summed E-state index contributed by atoms with van der Waals surface area (Å²) in [5.74, 6) is 0.160. The number of nitrogens with two attached hydrogens (primary N) is 1. The Morgan fingerprint density at radius 1 is 1.06 bits per heavy atom. The molecule has 4 N–H and O–H groups in total. The van der Waals surface area contributed by atoms with Gasteiger partial charge in [-0.3, -0.25) is 0 Å². The van der Waals surface area contributed by atoms with E-state index in [4.69, 9.17) is 10.1 Å². The lowest BCUT2D eigenvalue weighted by atomic mass is 9.96. The first-order chi connectivity index (χ1) is 15.0. The second kappa shape index (κ2) is 7.98. The number of thiazole rings is 1. The molecule has 1 fully saturated rings. The molecule has 0 radical (unpaired) electrons. The zero-order chi connectivity index (χ0) is 21.4. The van der Waals surface area contributed by atoms with Crippen LogP contribution >= 0.6 is 11.3 Å². The molecular weight excluding hydrogens is 434 g/mol. The highest BCUT2D eigenvalue weighted by Gasteiger charge is 2.24. The fourth-order valence-corrected chi connectivity index (χ4v) is 5.86. The van der Waals surface area contributed by atoms with E-state index in [-0.39, 0.29) is 10.7 Å². The number of hydrogen-bond donors (Lipinski definition) is 3. The number of tetrazole rings is 1. The summed E-state index contributed by atoms with van der Waals surface area (Å²) in [6, 6.07) is 11.2. The Bertz CT molecular complexity index is 1330. The van der Waals surface area contributed by atoms with Crippen LogP contribution in [0.5, 0.6) is 0 Å². The van der Waals surface area contributed by atoms with Gasteiger partial charge in [0.25, 0.3) is 0 Å². The Labute approximate surface area is 183 Å². The maximum atomic E-state index is 12.3. The Kier molecular flexibility index (Phi) is 5.16. The van der Waals surface area contributed by atoms with Gasteiger partial charge in [0.2, 0.25) is 15.8 Å². The van der Waals surface area contributed by atoms with Crippen molar-refractivity contribution in [3.63, 3.8) is 0 Å². The normalized spacial score (nSPS) is 15.4. The van der Waals surface area contributed by atoms with Gasteiger partial charge >= 0.3 is 0 Å². The number of hydrogen-bond acceptors (Lipinski definition) is 8. The zero-order valence-corrected chi connectivity index (χ0v) is 18.2. The van der Waals surface area contributed by atoms with Crippen molar-refractivity contribution in [1.29, 1.82) is 0 Å². The van der Waals surface area contributed by atoms with Gasteiger partial charge in [0.15, 0.2) is 5.13 Å². The van der Waals surface area contributed by atoms with Crippen LogP contribution in [0.4, 0.5) is 5.13 Å². The van der Waals surface area contributed by atoms with Gasteiger partial charge < -0.3 is 5.32 Å². The minimum atomic E-state index is -4.01. The van der Waals surface area contributed by atoms with Crippen molar-refractivity contribution in [3.8, 4) is 22.5 Å². The Hall–Kier alpha value is -2.89. The number of primary sulfonamides is 1. The van der Waals surface area contributed by atoms with Crippen LogP contribution < -0.4 is 10.5 Å². The van der Waals surface area contributed by atoms with E-state index >= 15 is 0 Å². The predicted molar refractivity (Wildman–Crippen MR) is 120 cm³/mol. The average molecular weight is 456 g/mol. The first-order valence-corrected chi connectivity index (χ1v) is 12.4. The molecule has 1 aliphatic carbocycles. The molecule has 2 aromatic carbocycles. The van der Waals surface area contributed by atoms with Crippen molar-refractivity contribution in [3.05, 3.63) is 36.4 Å². The van der Waals surface area contributed by atoms with Gasteiger partial charge in [0.1, 0.15) is 0 Å². The number of benzene rings is 2. The molecule has 11 heteroatoms. The Morgan fingerprint density at radius 3 is 2.58 bits per heavy atom. The SMILES string of the molecule is NS(=O)(=O)c1cccc(-c2cccc3sc(NC4CCCCC4)nc23)c1-c1nn[nH]n1. The van der Waals surface area contributed by atoms with Crippen LogP contribution in [-0.4, -0.2) is 40.1 Å². The molecule has 1 saturated carbocycles. The summed E-state index contributed by atoms with van der Waals surface area (Å²) in [7, 11) is -4.01. The van der Waals surface area contributed by atoms with E-state index < -0.39 is 10.0 Å². The highest BCUT2D eigenvalue weighted by atomic mass is 32.2. The molecule has 4 aromatic rings. The summed E-state index contributed by atoms with van der Waals surface area (Å²) < 4.78 is 25.6. The molecule has 31 heavy (non-hydrogen) atoms. The number of fused-ring (bicyclic) bond motifs is 1. The van der Waals surface area contributed by atoms with Crippen LogP contribution in [0.3, 0.4) is 0 Å². The Morgan fingerprint density at radius 2 is 1.84 bits per heavy atom. The summed E-state index contributed by atoms with van der Waals surface area (Å²) in [5, 5.41) is 23.9. The van der Waals surface area contributed by atoms with Gasteiger partial charge in [-0.05, 0) is 35.8 Å². The van der Waals surface area contributed by atoms with E-state index in [1.54, 1.807) is 17.4 Å². The first kappa shape index (κ1) is 20.0. The summed E-state index contributed by atoms with van der Waals surface area (Å²) >= 11 is 1.60. The number of nitrogens with one attached hydrogen (secondary N) is 2. The quantitative estimate of drug-likeness (QED) is 0.418. The second-order valence-corrected chi connectivity index (χ2v) is 10.2. The van der Waals surface area contributed by atoms with Crippen LogP contribution in [0.25, 0.3) is 32.7 Å². The van der Waals surface area contributed by atoms with Crippen LogP contribution in [0.15, 0.2) is 41.3 Å². The molecule has 9 nitrogen and oxygen atoms in total. The molecule has 0 unspecified atom stereocenters. The zero-order valence-electron chi connectivity index (χ0n) is 16.6. The van der Waals surface area contributed by atoms with Gasteiger partial charge in [-0.1, -0.05) is 54.9 Å². The molecule has 5 rings (SSSR count). The minimum absolute atomic E-state index is 0.0563. The highest BCUT2D eigenvalue weighted by molar-refractivity contribution is 7.89. The maximum Gasteiger partial charge on any atom is 0.238 e. The molecule has 2 heterocycles. The van der Waals surface area contributed by atoms with Crippen molar-refractivity contribution in [2.45, 2.75) is 43.0 Å². The molecule has 2 aromatic heterocycles. The third-order valence-electron chi connectivity index (χ3n) is 5.54. The fraction of sp³-hybridized carbons (Fsp3) is 0.300. The van der Waals surface area contributed by atoms with Crippen molar-refractivity contribution in [1.82, 2.24) is 25.6 Å². The molecule has 0 amide bonds. The molecular formula is C20H21N7O2S2. The topological polar surface area (TPSA) is 140 Å². The lowest BCUT2D eigenvalue weighted by molar-refractivity contribution is 0.462. The van der Waals surface area contributed by atoms with E-state index in [1.807, 2.05) is 24.3 Å². The largest absolute Gasteiger partial charge is 0.359 e. The van der Waals surface area contributed by atoms with Crippen LogP contribution in [-0.2, 0) is 10.0 Å². The lowest BCUT2D eigenvalue weighted by Gasteiger charge is -2.22. The standard InChI is InChI=1S/C20H21N7O2S2/c21-31(28,29)16-11-5-8-13(17(16)19-24-26-27-25-19)14-9-4-10-15-18(14)23-20(30-15)22-12-6-2-1-3-7-12/h4-5,8-12H,1-3,6-7H2,(H,22,23)(H2,21,28,29)(H,24,25,26,27). The highest BCUT2D eigenvalue weighted by Crippen LogP contribution is 2.40. The van der Waals surface area contributed by atoms with E-state index in [0.29, 0.717) is 17.2 Å². The van der Waals surface area contributed by atoms with Crippen molar-refractivity contribution >= 4 is 36.7 Å². The molecule has 0 atom stereocenters. The number of aromatic amines is 1. The van der Waals surface area contributed by atoms with Gasteiger partial charge in [-0.2, -0.15) is 5.21 Å². The number of nitrogens with zero attached hydrogens (tertiary/aromatic N) is 4. The van der Waals surface area contributed by atoms with E-state index in [2.05, 4.69) is 25.9 Å². The second-order valence-electron chi connectivity index (χ2n) is 7.61. The van der Waals surface area contributed by atoms with Gasteiger partial charge in [0.05, 0.1) is 20.7 Å². The number of para-hydroxylation sites is 1. The average Bonchev–Trinajstić information content (AvgIpc) is 3.43. The van der Waals surface area contributed by atoms with E-state index in [9.17, 15) is 8.42 Å². The summed E-state index contributed by atoms with van der Waals surface area (Å²) in [4.78, 5) is 4.80. The summed E-state index contributed by atoms with van der Waals surface area (Å²) in [5.41, 5.74) is 2.52. The van der Waals surface area contributed by atoms with Gasteiger partial charge in [0, 0.05) is 11.6 Å². The fourth-order valence-electron chi connectivity index (χ4n) is 4.14. The van der Waals surface area contributed by atoms with E-state index in [0.717, 1.165) is 33.8 Å². The summed E-state index contributed by atoms with van der Waals surface area (Å²) in [6.07, 6.45) is 6.08. The van der Waals surface area contributed by atoms with Crippen LogP contribution in [0.2, 0.25) is 0 Å². The van der Waals surface area contributed by atoms with Gasteiger partial charge in [-0.25, -0.2) is 18.5 Å². The van der Waals surface area contributed by atoms with Gasteiger partial charge in [-0.15, -0.1) is 10.2 Å². The monoisotopic (exact) mass is 455 g/mol. The lowest BCUT2D eigenvalue weighted by Crippen LogP contribution is -2.21. The molecule has 0 saturated heterocycles. The smallest absolute Gasteiger partial charge is 0.238 e. The maximum absolute atomic E-state index is 12.3. The minimum Gasteiger partial charge on any atom is -0.359 e. The molecule has 1 aliphatic rings.